The number of pyridine rings is 1. The van der Waals surface area contributed by atoms with Gasteiger partial charge in [-0.1, -0.05) is 44.2 Å². The molecule has 0 aliphatic heterocycles. The van der Waals surface area contributed by atoms with Gasteiger partial charge in [-0.15, -0.1) is 5.10 Å². The third-order valence-corrected chi connectivity index (χ3v) is 4.71. The van der Waals surface area contributed by atoms with Crippen LogP contribution in [0.1, 0.15) is 62.5 Å². The molecule has 7 nitrogen and oxygen atoms in total. The molecule has 2 aromatic rings. The number of hydrogen-bond acceptors (Lipinski definition) is 5. The summed E-state index contributed by atoms with van der Waals surface area (Å²) >= 11 is 0. The number of nitrogens with zero attached hydrogens (tertiary/aromatic N) is 4. The zero-order valence-corrected chi connectivity index (χ0v) is 16.2. The predicted molar refractivity (Wildman–Crippen MR) is 102 cm³/mol. The van der Waals surface area contributed by atoms with E-state index in [0.29, 0.717) is 18.8 Å². The minimum absolute atomic E-state index is 0.197. The maximum atomic E-state index is 11.7. The van der Waals surface area contributed by atoms with Crippen LogP contribution in [-0.4, -0.2) is 24.7 Å². The van der Waals surface area contributed by atoms with Crippen molar-refractivity contribution in [2.75, 3.05) is 0 Å². The zero-order chi connectivity index (χ0) is 18.9. The maximum Gasteiger partial charge on any atom is 0.223 e. The van der Waals surface area contributed by atoms with Crippen molar-refractivity contribution in [2.45, 2.75) is 72.0 Å². The quantitative estimate of drug-likeness (QED) is 0.601. The molecule has 0 amide bonds. The van der Waals surface area contributed by atoms with E-state index in [1.165, 1.54) is 38.2 Å². The molecule has 0 unspecified atom stereocenters. The Morgan fingerprint density at radius 1 is 1.15 bits per heavy atom. The molecule has 0 aliphatic rings. The molecule has 0 aromatic carbocycles. The summed E-state index contributed by atoms with van der Waals surface area (Å²) in [4.78, 5) is 11.7. The monoisotopic (exact) mass is 361 g/mol. The highest BCUT2D eigenvalue weighted by Crippen LogP contribution is 2.12. The Morgan fingerprint density at radius 3 is 2.65 bits per heavy atom. The third-order valence-electron chi connectivity index (χ3n) is 4.71. The van der Waals surface area contributed by atoms with Crippen molar-refractivity contribution >= 4 is 0 Å². The Kier molecular flexibility index (Phi) is 7.84. The molecule has 0 spiro atoms. The van der Waals surface area contributed by atoms with Crippen molar-refractivity contribution in [3.05, 3.63) is 39.6 Å². The summed E-state index contributed by atoms with van der Waals surface area (Å²) in [6, 6.07) is 1.44. The average Bonchev–Trinajstić information content (AvgIpc) is 3.07. The van der Waals surface area contributed by atoms with Crippen LogP contribution in [0, 0.1) is 6.92 Å². The van der Waals surface area contributed by atoms with Gasteiger partial charge in [0.05, 0.1) is 11.4 Å². The first-order chi connectivity index (χ1) is 12.5. The Bertz CT molecular complexity index is 751. The number of rotatable bonds is 11. The van der Waals surface area contributed by atoms with Crippen LogP contribution in [0.15, 0.2) is 17.1 Å². The molecular weight excluding hydrogens is 330 g/mol. The molecular formula is C19H31N5O2. The van der Waals surface area contributed by atoms with Crippen molar-refractivity contribution in [2.24, 2.45) is 7.05 Å². The molecule has 0 radical (unpaired) electrons. The van der Waals surface area contributed by atoms with Gasteiger partial charge in [-0.05, 0) is 13.3 Å². The highest BCUT2D eigenvalue weighted by Gasteiger charge is 2.10. The molecule has 0 saturated heterocycles. The molecule has 0 atom stereocenters. The van der Waals surface area contributed by atoms with Crippen LogP contribution in [-0.2, 0) is 26.7 Å². The van der Waals surface area contributed by atoms with Crippen molar-refractivity contribution < 1.29 is 5.11 Å². The van der Waals surface area contributed by atoms with Gasteiger partial charge in [0.1, 0.15) is 0 Å². The molecule has 2 rings (SSSR count). The molecule has 0 aliphatic carbocycles. The van der Waals surface area contributed by atoms with E-state index < -0.39 is 0 Å². The standard InChI is InChI=1S/C19H31N5O2/c1-4-5-6-7-8-9-10-24-14-16(21-22-24)12-20-13-17-19(26)18(25)11-15(2)23(17)3/h11,14,20,26H,4-10,12-13H2,1-3H3. The SMILES string of the molecule is CCCCCCCCn1cc(CNCc2c(O)c(=O)cc(C)n2C)nn1. The summed E-state index contributed by atoms with van der Waals surface area (Å²) in [5.74, 6) is -0.197. The number of nitrogens with one attached hydrogen (secondary N) is 1. The highest BCUT2D eigenvalue weighted by atomic mass is 16.3. The van der Waals surface area contributed by atoms with Crippen LogP contribution in [0.25, 0.3) is 0 Å². The van der Waals surface area contributed by atoms with Gasteiger partial charge in [0.2, 0.25) is 5.43 Å². The van der Waals surface area contributed by atoms with Crippen LogP contribution in [0.2, 0.25) is 0 Å². The van der Waals surface area contributed by atoms with E-state index in [2.05, 4.69) is 22.6 Å². The summed E-state index contributed by atoms with van der Waals surface area (Å²) in [7, 11) is 1.84. The predicted octanol–water partition coefficient (Wildman–Crippen LogP) is 2.64. The van der Waals surface area contributed by atoms with E-state index in [1.807, 2.05) is 29.4 Å². The van der Waals surface area contributed by atoms with Gasteiger partial charge in [-0.25, -0.2) is 0 Å². The van der Waals surface area contributed by atoms with E-state index in [1.54, 1.807) is 0 Å². The second-order valence-electron chi connectivity index (χ2n) is 6.85. The largest absolute Gasteiger partial charge is 0.503 e. The maximum absolute atomic E-state index is 11.7. The fourth-order valence-corrected chi connectivity index (χ4v) is 2.96. The highest BCUT2D eigenvalue weighted by molar-refractivity contribution is 5.29. The second-order valence-corrected chi connectivity index (χ2v) is 6.85. The molecule has 26 heavy (non-hydrogen) atoms. The van der Waals surface area contributed by atoms with Crippen molar-refractivity contribution in [3.63, 3.8) is 0 Å². The fraction of sp³-hybridized carbons (Fsp3) is 0.632. The lowest BCUT2D eigenvalue weighted by Gasteiger charge is -2.13. The van der Waals surface area contributed by atoms with E-state index in [9.17, 15) is 9.90 Å². The van der Waals surface area contributed by atoms with E-state index in [0.717, 1.165) is 24.4 Å². The van der Waals surface area contributed by atoms with Gasteiger partial charge in [0.15, 0.2) is 5.75 Å². The van der Waals surface area contributed by atoms with Crippen LogP contribution < -0.4 is 10.7 Å². The Labute approximate surface area is 155 Å². The van der Waals surface area contributed by atoms with Crippen LogP contribution in [0.4, 0.5) is 0 Å². The summed E-state index contributed by atoms with van der Waals surface area (Å²) in [6.45, 7) is 5.90. The van der Waals surface area contributed by atoms with Crippen LogP contribution >= 0.6 is 0 Å². The summed E-state index contributed by atoms with van der Waals surface area (Å²) in [5.41, 5.74) is 1.90. The Balaban J connectivity index is 1.77. The van der Waals surface area contributed by atoms with E-state index >= 15 is 0 Å². The molecule has 144 valence electrons. The van der Waals surface area contributed by atoms with E-state index in [4.69, 9.17) is 0 Å². The lowest BCUT2D eigenvalue weighted by atomic mass is 10.1. The number of hydrogen-bond donors (Lipinski definition) is 2. The first kappa shape index (κ1) is 20.2. The smallest absolute Gasteiger partial charge is 0.223 e. The average molecular weight is 361 g/mol. The lowest BCUT2D eigenvalue weighted by molar-refractivity contribution is 0.445. The molecule has 7 heteroatoms. The normalized spacial score (nSPS) is 11.2. The number of aryl methyl sites for hydroxylation is 2. The van der Waals surface area contributed by atoms with Crippen molar-refractivity contribution in [1.29, 1.82) is 0 Å². The van der Waals surface area contributed by atoms with Crippen molar-refractivity contribution in [1.82, 2.24) is 24.9 Å². The summed E-state index contributed by atoms with van der Waals surface area (Å²) < 4.78 is 3.70. The van der Waals surface area contributed by atoms with E-state index in [-0.39, 0.29) is 11.2 Å². The molecule has 0 fully saturated rings. The Morgan fingerprint density at radius 2 is 1.88 bits per heavy atom. The third kappa shape index (κ3) is 5.69. The van der Waals surface area contributed by atoms with Crippen molar-refractivity contribution in [3.8, 4) is 5.75 Å². The molecule has 2 aromatic heterocycles. The first-order valence-corrected chi connectivity index (χ1v) is 9.51. The summed E-state index contributed by atoms with van der Waals surface area (Å²) in [5, 5.41) is 21.5. The Hall–Kier alpha value is -2.15. The van der Waals surface area contributed by atoms with Crippen LogP contribution in [0.3, 0.4) is 0 Å². The van der Waals surface area contributed by atoms with Gasteiger partial charge < -0.3 is 15.0 Å². The van der Waals surface area contributed by atoms with Gasteiger partial charge >= 0.3 is 0 Å². The molecule has 0 saturated carbocycles. The number of unbranched alkanes of at least 4 members (excludes halogenated alkanes) is 5. The number of aromatic hydroxyl groups is 1. The second kappa shape index (κ2) is 10.1. The van der Waals surface area contributed by atoms with Gasteiger partial charge in [0, 0.05) is 44.6 Å². The lowest BCUT2D eigenvalue weighted by Crippen LogP contribution is -2.20. The zero-order valence-electron chi connectivity index (χ0n) is 16.2. The minimum Gasteiger partial charge on any atom is -0.503 e. The van der Waals surface area contributed by atoms with Gasteiger partial charge in [-0.3, -0.25) is 9.48 Å². The summed E-state index contributed by atoms with van der Waals surface area (Å²) in [6.07, 6.45) is 9.50. The molecule has 2 N–H and O–H groups in total. The molecule has 2 heterocycles. The first-order valence-electron chi connectivity index (χ1n) is 9.51. The van der Waals surface area contributed by atoms with Crippen LogP contribution in [0.5, 0.6) is 5.75 Å². The molecule has 0 bridgehead atoms. The topological polar surface area (TPSA) is 85.0 Å². The minimum atomic E-state index is -0.345. The fourth-order valence-electron chi connectivity index (χ4n) is 2.96. The van der Waals surface area contributed by atoms with Gasteiger partial charge in [0.25, 0.3) is 0 Å². The number of aromatic nitrogens is 4. The van der Waals surface area contributed by atoms with Gasteiger partial charge in [-0.2, -0.15) is 0 Å².